The van der Waals surface area contributed by atoms with E-state index in [4.69, 9.17) is 28.3 Å². The molecule has 1 aliphatic rings. The predicted molar refractivity (Wildman–Crippen MR) is 68.3 cm³/mol. The van der Waals surface area contributed by atoms with Gasteiger partial charge in [0, 0.05) is 6.04 Å². The van der Waals surface area contributed by atoms with Crippen molar-refractivity contribution < 1.29 is 14.7 Å². The molecule has 2 unspecified atom stereocenters. The number of carboxylic acid groups (broad SMARTS) is 1. The summed E-state index contributed by atoms with van der Waals surface area (Å²) in [5, 5.41) is 18.7. The molecule has 0 radical (unpaired) electrons. The normalized spacial score (nSPS) is 22.2. The standard InChI is InChI=1S/C11H11Cl2N3O3/c12-8-4-6(9(13)16-15-8)10(17)14-7-3-1-2-5(7)11(18)19/h4-5,7H,1-3H2,(H,14,17)(H,18,19). The number of rotatable bonds is 3. The molecular weight excluding hydrogens is 293 g/mol. The molecule has 8 heteroatoms. The van der Waals surface area contributed by atoms with Crippen molar-refractivity contribution in [2.24, 2.45) is 5.92 Å². The summed E-state index contributed by atoms with van der Waals surface area (Å²) in [7, 11) is 0. The topological polar surface area (TPSA) is 92.2 Å². The van der Waals surface area contributed by atoms with Crippen LogP contribution < -0.4 is 5.32 Å². The summed E-state index contributed by atoms with van der Waals surface area (Å²) in [6.45, 7) is 0. The van der Waals surface area contributed by atoms with Gasteiger partial charge >= 0.3 is 5.97 Å². The second-order valence-electron chi connectivity index (χ2n) is 4.33. The van der Waals surface area contributed by atoms with Crippen LogP contribution in [0.1, 0.15) is 29.6 Å². The van der Waals surface area contributed by atoms with E-state index in [0.717, 1.165) is 6.42 Å². The minimum atomic E-state index is -0.903. The van der Waals surface area contributed by atoms with E-state index < -0.39 is 23.8 Å². The van der Waals surface area contributed by atoms with Gasteiger partial charge in [-0.2, -0.15) is 0 Å². The lowest BCUT2D eigenvalue weighted by atomic mass is 10.0. The van der Waals surface area contributed by atoms with Crippen molar-refractivity contribution in [2.75, 3.05) is 0 Å². The molecule has 2 atom stereocenters. The molecule has 0 spiro atoms. The van der Waals surface area contributed by atoms with Crippen molar-refractivity contribution in [1.29, 1.82) is 0 Å². The Bertz CT molecular complexity index is 524. The van der Waals surface area contributed by atoms with Gasteiger partial charge in [-0.1, -0.05) is 29.6 Å². The van der Waals surface area contributed by atoms with E-state index in [-0.39, 0.29) is 15.9 Å². The van der Waals surface area contributed by atoms with Crippen LogP contribution in [-0.2, 0) is 4.79 Å². The molecular formula is C11H11Cl2N3O3. The molecule has 0 bridgehead atoms. The average molecular weight is 304 g/mol. The Morgan fingerprint density at radius 2 is 2.05 bits per heavy atom. The van der Waals surface area contributed by atoms with E-state index in [1.807, 2.05) is 0 Å². The maximum atomic E-state index is 12.0. The zero-order valence-electron chi connectivity index (χ0n) is 9.77. The Kier molecular flexibility index (Phi) is 4.21. The molecule has 6 nitrogen and oxygen atoms in total. The Morgan fingerprint density at radius 1 is 1.32 bits per heavy atom. The van der Waals surface area contributed by atoms with Gasteiger partial charge in [-0.3, -0.25) is 9.59 Å². The highest BCUT2D eigenvalue weighted by Crippen LogP contribution is 2.26. The quantitative estimate of drug-likeness (QED) is 0.888. The molecule has 1 fully saturated rings. The van der Waals surface area contributed by atoms with Gasteiger partial charge in [0.1, 0.15) is 0 Å². The summed E-state index contributed by atoms with van der Waals surface area (Å²) in [5.41, 5.74) is 0.0951. The summed E-state index contributed by atoms with van der Waals surface area (Å²) in [6, 6.07) is 0.907. The van der Waals surface area contributed by atoms with Crippen molar-refractivity contribution in [2.45, 2.75) is 25.3 Å². The number of aromatic nitrogens is 2. The van der Waals surface area contributed by atoms with Gasteiger partial charge in [-0.15, -0.1) is 10.2 Å². The van der Waals surface area contributed by atoms with E-state index in [1.165, 1.54) is 6.07 Å². The maximum absolute atomic E-state index is 12.0. The molecule has 1 amide bonds. The molecule has 0 saturated heterocycles. The van der Waals surface area contributed by atoms with Crippen LogP contribution in [0.2, 0.25) is 10.3 Å². The van der Waals surface area contributed by atoms with Crippen LogP contribution in [-0.4, -0.2) is 33.2 Å². The third kappa shape index (κ3) is 3.13. The molecule has 19 heavy (non-hydrogen) atoms. The van der Waals surface area contributed by atoms with Crippen LogP contribution >= 0.6 is 23.2 Å². The SMILES string of the molecule is O=C(NC1CCCC1C(=O)O)c1cc(Cl)nnc1Cl. The number of aliphatic carboxylic acids is 1. The molecule has 1 aromatic rings. The smallest absolute Gasteiger partial charge is 0.308 e. The largest absolute Gasteiger partial charge is 0.481 e. The first-order chi connectivity index (χ1) is 8.99. The second-order valence-corrected chi connectivity index (χ2v) is 5.07. The van der Waals surface area contributed by atoms with Gasteiger partial charge in [0.05, 0.1) is 11.5 Å². The van der Waals surface area contributed by atoms with Gasteiger partial charge < -0.3 is 10.4 Å². The zero-order chi connectivity index (χ0) is 14.0. The average Bonchev–Trinajstić information content (AvgIpc) is 2.80. The van der Waals surface area contributed by atoms with Crippen molar-refractivity contribution in [3.63, 3.8) is 0 Å². The fourth-order valence-corrected chi connectivity index (χ4v) is 2.51. The Balaban J connectivity index is 2.12. The molecule has 102 valence electrons. The number of halogens is 2. The van der Waals surface area contributed by atoms with E-state index in [1.54, 1.807) is 0 Å². The molecule has 2 N–H and O–H groups in total. The summed E-state index contributed by atoms with van der Waals surface area (Å²) >= 11 is 11.4. The molecule has 0 aliphatic heterocycles. The first kappa shape index (κ1) is 14.0. The molecule has 1 aromatic heterocycles. The van der Waals surface area contributed by atoms with Crippen LogP contribution in [0.15, 0.2) is 6.07 Å². The number of nitrogens with zero attached hydrogens (tertiary/aromatic N) is 2. The fraction of sp³-hybridized carbons (Fsp3) is 0.455. The third-order valence-corrected chi connectivity index (χ3v) is 3.58. The third-order valence-electron chi connectivity index (χ3n) is 3.11. The van der Waals surface area contributed by atoms with Crippen LogP contribution in [0, 0.1) is 5.92 Å². The number of carbonyl (C=O) groups excluding carboxylic acids is 1. The van der Waals surface area contributed by atoms with Gasteiger partial charge in [-0.05, 0) is 18.9 Å². The number of carbonyl (C=O) groups is 2. The van der Waals surface area contributed by atoms with Crippen molar-refractivity contribution in [3.05, 3.63) is 21.9 Å². The lowest BCUT2D eigenvalue weighted by molar-refractivity contribution is -0.142. The predicted octanol–water partition coefficient (Wildman–Crippen LogP) is 1.77. The highest BCUT2D eigenvalue weighted by atomic mass is 35.5. The fourth-order valence-electron chi connectivity index (χ4n) is 2.19. The van der Waals surface area contributed by atoms with E-state index in [0.29, 0.717) is 12.8 Å². The van der Waals surface area contributed by atoms with Gasteiger partial charge in [0.2, 0.25) is 0 Å². The summed E-state index contributed by atoms with van der Waals surface area (Å²) in [6.07, 6.45) is 1.96. The number of carboxylic acids is 1. The monoisotopic (exact) mass is 303 g/mol. The molecule has 1 heterocycles. The zero-order valence-corrected chi connectivity index (χ0v) is 11.3. The summed E-state index contributed by atoms with van der Waals surface area (Å²) < 4.78 is 0. The van der Waals surface area contributed by atoms with E-state index in [9.17, 15) is 9.59 Å². The molecule has 0 aromatic carbocycles. The minimum absolute atomic E-state index is 0.0516. The van der Waals surface area contributed by atoms with Crippen LogP contribution in [0.4, 0.5) is 0 Å². The van der Waals surface area contributed by atoms with Crippen molar-refractivity contribution in [3.8, 4) is 0 Å². The highest BCUT2D eigenvalue weighted by Gasteiger charge is 2.34. The molecule has 1 aliphatic carbocycles. The summed E-state index contributed by atoms with van der Waals surface area (Å²) in [4.78, 5) is 23.1. The number of amides is 1. The van der Waals surface area contributed by atoms with E-state index >= 15 is 0 Å². The first-order valence-corrected chi connectivity index (χ1v) is 6.47. The highest BCUT2D eigenvalue weighted by molar-refractivity contribution is 6.34. The summed E-state index contributed by atoms with van der Waals surface area (Å²) in [5.74, 6) is -1.95. The van der Waals surface area contributed by atoms with Gasteiger partial charge in [0.15, 0.2) is 10.3 Å². The van der Waals surface area contributed by atoms with Crippen molar-refractivity contribution >= 4 is 35.1 Å². The van der Waals surface area contributed by atoms with Crippen molar-refractivity contribution in [1.82, 2.24) is 15.5 Å². The lowest BCUT2D eigenvalue weighted by Crippen LogP contribution is -2.40. The molecule has 1 saturated carbocycles. The molecule has 2 rings (SSSR count). The Morgan fingerprint density at radius 3 is 2.74 bits per heavy atom. The van der Waals surface area contributed by atoms with Crippen LogP contribution in [0.25, 0.3) is 0 Å². The van der Waals surface area contributed by atoms with Crippen LogP contribution in [0.3, 0.4) is 0 Å². The second kappa shape index (κ2) is 5.71. The minimum Gasteiger partial charge on any atom is -0.481 e. The Labute approximate surface area is 119 Å². The maximum Gasteiger partial charge on any atom is 0.308 e. The van der Waals surface area contributed by atoms with E-state index in [2.05, 4.69) is 15.5 Å². The number of hydrogen-bond donors (Lipinski definition) is 2. The first-order valence-electron chi connectivity index (χ1n) is 5.71. The lowest BCUT2D eigenvalue weighted by Gasteiger charge is -2.17. The van der Waals surface area contributed by atoms with Gasteiger partial charge in [-0.25, -0.2) is 0 Å². The Hall–Kier alpha value is -1.40. The number of nitrogens with one attached hydrogen (secondary N) is 1. The van der Waals surface area contributed by atoms with Gasteiger partial charge in [0.25, 0.3) is 5.91 Å². The number of hydrogen-bond acceptors (Lipinski definition) is 4. The van der Waals surface area contributed by atoms with Crippen LogP contribution in [0.5, 0.6) is 0 Å².